The highest BCUT2D eigenvalue weighted by atomic mass is 19.1. The van der Waals surface area contributed by atoms with Gasteiger partial charge >= 0.3 is 5.97 Å². The van der Waals surface area contributed by atoms with E-state index in [2.05, 4.69) is 5.32 Å². The van der Waals surface area contributed by atoms with Crippen molar-refractivity contribution in [3.8, 4) is 0 Å². The van der Waals surface area contributed by atoms with Crippen LogP contribution in [0.1, 0.15) is 18.4 Å². The van der Waals surface area contributed by atoms with Crippen molar-refractivity contribution in [2.45, 2.75) is 31.6 Å². The lowest BCUT2D eigenvalue weighted by molar-refractivity contribution is -0.147. The summed E-state index contributed by atoms with van der Waals surface area (Å²) in [4.78, 5) is 23.6. The number of ether oxygens (including phenoxy) is 1. The summed E-state index contributed by atoms with van der Waals surface area (Å²) >= 11 is 0. The van der Waals surface area contributed by atoms with Crippen LogP contribution in [0.25, 0.3) is 0 Å². The molecule has 112 valence electrons. The zero-order valence-electron chi connectivity index (χ0n) is 11.3. The number of rotatable bonds is 4. The number of halogens is 1. The van der Waals surface area contributed by atoms with Crippen molar-refractivity contribution in [3.05, 3.63) is 35.6 Å². The zero-order valence-corrected chi connectivity index (χ0v) is 11.3. The number of nitrogens with one attached hydrogen (secondary N) is 1. The molecule has 2 fully saturated rings. The predicted octanol–water partition coefficient (Wildman–Crippen LogP) is 1.32. The van der Waals surface area contributed by atoms with Crippen LogP contribution >= 0.6 is 0 Å². The molecule has 0 spiro atoms. The Labute approximate surface area is 121 Å². The van der Waals surface area contributed by atoms with Crippen molar-refractivity contribution in [2.75, 3.05) is 0 Å². The number of amides is 1. The average molecular weight is 293 g/mol. The maximum atomic E-state index is 12.8. The Bertz CT molecular complexity index is 559. The van der Waals surface area contributed by atoms with E-state index in [-0.39, 0.29) is 30.5 Å². The Hall–Kier alpha value is -1.95. The molecule has 2 N–H and O–H groups in total. The Balaban J connectivity index is 1.64. The van der Waals surface area contributed by atoms with E-state index in [1.165, 1.54) is 12.1 Å². The second-order valence-corrected chi connectivity index (χ2v) is 5.52. The van der Waals surface area contributed by atoms with Gasteiger partial charge in [-0.1, -0.05) is 12.1 Å². The van der Waals surface area contributed by atoms with Gasteiger partial charge in [0.25, 0.3) is 0 Å². The number of aliphatic carboxylic acids is 1. The summed E-state index contributed by atoms with van der Waals surface area (Å²) in [5, 5.41) is 12.0. The first kappa shape index (κ1) is 14.0. The summed E-state index contributed by atoms with van der Waals surface area (Å²) in [5.41, 5.74) is 0.765. The fraction of sp³-hybridized carbons (Fsp3) is 0.467. The molecule has 5 nitrogen and oxygen atoms in total. The van der Waals surface area contributed by atoms with E-state index in [1.54, 1.807) is 12.1 Å². The van der Waals surface area contributed by atoms with Crippen LogP contribution in [-0.2, 0) is 20.9 Å². The molecule has 4 atom stereocenters. The van der Waals surface area contributed by atoms with Crippen molar-refractivity contribution in [1.82, 2.24) is 5.32 Å². The number of benzene rings is 1. The van der Waals surface area contributed by atoms with Crippen LogP contribution in [-0.4, -0.2) is 29.2 Å². The number of hydrogen-bond acceptors (Lipinski definition) is 3. The molecule has 0 aromatic heterocycles. The minimum atomic E-state index is -0.982. The second-order valence-electron chi connectivity index (χ2n) is 5.52. The van der Waals surface area contributed by atoms with Gasteiger partial charge in [0.05, 0.1) is 24.0 Å². The summed E-state index contributed by atoms with van der Waals surface area (Å²) in [5.74, 6) is -3.03. The second kappa shape index (κ2) is 5.44. The van der Waals surface area contributed by atoms with Crippen LogP contribution < -0.4 is 5.32 Å². The monoisotopic (exact) mass is 293 g/mol. The third kappa shape index (κ3) is 2.63. The third-order valence-corrected chi connectivity index (χ3v) is 4.24. The maximum Gasteiger partial charge on any atom is 0.310 e. The summed E-state index contributed by atoms with van der Waals surface area (Å²) in [6.07, 6.45) is 0.769. The van der Waals surface area contributed by atoms with Gasteiger partial charge < -0.3 is 15.2 Å². The average Bonchev–Trinajstić information content (AvgIpc) is 3.06. The summed E-state index contributed by atoms with van der Waals surface area (Å²) in [7, 11) is 0. The van der Waals surface area contributed by atoms with Crippen LogP contribution in [0.15, 0.2) is 24.3 Å². The highest BCUT2D eigenvalue weighted by molar-refractivity contribution is 5.86. The van der Waals surface area contributed by atoms with Crippen LogP contribution in [0.5, 0.6) is 0 Å². The molecule has 2 saturated heterocycles. The summed E-state index contributed by atoms with van der Waals surface area (Å²) < 4.78 is 18.4. The van der Waals surface area contributed by atoms with Crippen molar-refractivity contribution in [1.29, 1.82) is 0 Å². The fourth-order valence-corrected chi connectivity index (χ4v) is 3.23. The molecule has 0 radical (unpaired) electrons. The van der Waals surface area contributed by atoms with Crippen molar-refractivity contribution < 1.29 is 23.8 Å². The molecule has 1 amide bonds. The summed E-state index contributed by atoms with van der Waals surface area (Å²) in [6.45, 7) is 0.249. The molecule has 3 rings (SSSR count). The van der Waals surface area contributed by atoms with E-state index < -0.39 is 17.8 Å². The Morgan fingerprint density at radius 1 is 1.19 bits per heavy atom. The van der Waals surface area contributed by atoms with E-state index in [0.29, 0.717) is 6.42 Å². The highest BCUT2D eigenvalue weighted by Crippen LogP contribution is 2.43. The maximum absolute atomic E-state index is 12.8. The lowest BCUT2D eigenvalue weighted by Gasteiger charge is -2.23. The predicted molar refractivity (Wildman–Crippen MR) is 70.8 cm³/mol. The molecule has 1 aromatic rings. The van der Waals surface area contributed by atoms with Crippen LogP contribution in [0, 0.1) is 17.7 Å². The lowest BCUT2D eigenvalue weighted by atomic mass is 9.78. The summed E-state index contributed by atoms with van der Waals surface area (Å²) in [6, 6.07) is 5.81. The molecule has 2 aliphatic heterocycles. The fourth-order valence-electron chi connectivity index (χ4n) is 3.23. The number of carbonyl (C=O) groups excluding carboxylic acids is 1. The Morgan fingerprint density at radius 3 is 2.43 bits per heavy atom. The van der Waals surface area contributed by atoms with Gasteiger partial charge in [-0.05, 0) is 30.5 Å². The van der Waals surface area contributed by atoms with E-state index >= 15 is 0 Å². The van der Waals surface area contributed by atoms with Gasteiger partial charge in [-0.3, -0.25) is 9.59 Å². The van der Waals surface area contributed by atoms with Crippen LogP contribution in [0.4, 0.5) is 4.39 Å². The number of fused-ring (bicyclic) bond motifs is 2. The normalized spacial score (nSPS) is 30.3. The third-order valence-electron chi connectivity index (χ3n) is 4.24. The van der Waals surface area contributed by atoms with Gasteiger partial charge in [0.1, 0.15) is 5.82 Å². The largest absolute Gasteiger partial charge is 0.481 e. The molecule has 0 aliphatic carbocycles. The topological polar surface area (TPSA) is 75.6 Å². The van der Waals surface area contributed by atoms with Gasteiger partial charge in [0, 0.05) is 6.54 Å². The molecule has 2 aliphatic rings. The van der Waals surface area contributed by atoms with Gasteiger partial charge in [-0.25, -0.2) is 4.39 Å². The Morgan fingerprint density at radius 2 is 1.81 bits per heavy atom. The van der Waals surface area contributed by atoms with Crippen molar-refractivity contribution in [2.24, 2.45) is 11.8 Å². The first-order chi connectivity index (χ1) is 10.1. The Kier molecular flexibility index (Phi) is 3.63. The molecule has 2 heterocycles. The zero-order chi connectivity index (χ0) is 15.0. The number of carbonyl (C=O) groups is 2. The van der Waals surface area contributed by atoms with Gasteiger partial charge in [-0.2, -0.15) is 0 Å². The minimum Gasteiger partial charge on any atom is -0.481 e. The number of carboxylic acids is 1. The molecule has 1 aromatic carbocycles. The quantitative estimate of drug-likeness (QED) is 0.878. The van der Waals surface area contributed by atoms with E-state index in [4.69, 9.17) is 4.74 Å². The van der Waals surface area contributed by atoms with Gasteiger partial charge in [-0.15, -0.1) is 0 Å². The first-order valence-electron chi connectivity index (χ1n) is 6.96. The molecule has 6 heteroatoms. The standard InChI is InChI=1S/C15H16FNO4/c16-9-3-1-8(2-4-9)7-17-14(18)12-10-5-6-11(21-10)13(12)15(19)20/h1-4,10-13H,5-7H2,(H,17,18)(H,19,20)/t10-,11-,12+,13-/m1/s1. The molecule has 2 bridgehead atoms. The number of hydrogen-bond donors (Lipinski definition) is 2. The molecular weight excluding hydrogens is 277 g/mol. The van der Waals surface area contributed by atoms with E-state index in [0.717, 1.165) is 12.0 Å². The van der Waals surface area contributed by atoms with Crippen LogP contribution in [0.3, 0.4) is 0 Å². The molecular formula is C15H16FNO4. The van der Waals surface area contributed by atoms with E-state index in [1.807, 2.05) is 0 Å². The highest BCUT2D eigenvalue weighted by Gasteiger charge is 2.55. The van der Waals surface area contributed by atoms with E-state index in [9.17, 15) is 19.1 Å². The lowest BCUT2D eigenvalue weighted by Crippen LogP contribution is -2.43. The molecule has 21 heavy (non-hydrogen) atoms. The van der Waals surface area contributed by atoms with Gasteiger partial charge in [0.15, 0.2) is 0 Å². The van der Waals surface area contributed by atoms with Crippen molar-refractivity contribution >= 4 is 11.9 Å². The van der Waals surface area contributed by atoms with Crippen LogP contribution in [0.2, 0.25) is 0 Å². The number of carboxylic acid groups (broad SMARTS) is 1. The first-order valence-corrected chi connectivity index (χ1v) is 6.96. The minimum absolute atomic E-state index is 0.249. The SMILES string of the molecule is O=C(NCc1ccc(F)cc1)[C@@H]1[C@H](C(=O)O)[C@H]2CC[C@H]1O2. The molecule has 0 unspecified atom stereocenters. The smallest absolute Gasteiger partial charge is 0.310 e. The molecule has 0 saturated carbocycles. The van der Waals surface area contributed by atoms with Gasteiger partial charge in [0.2, 0.25) is 5.91 Å². The van der Waals surface area contributed by atoms with Crippen molar-refractivity contribution in [3.63, 3.8) is 0 Å².